The van der Waals surface area contributed by atoms with Crippen molar-refractivity contribution in [1.82, 2.24) is 0 Å². The smallest absolute Gasteiger partial charge is 0.0471 e. The Kier molecular flexibility index (Phi) is 5.16. The molecular weight excluding hydrogens is 260 g/mol. The molecule has 2 nitrogen and oxygen atoms in total. The van der Waals surface area contributed by atoms with Crippen molar-refractivity contribution in [1.29, 1.82) is 0 Å². The highest BCUT2D eigenvalue weighted by molar-refractivity contribution is 5.41. The molecule has 2 aromatic rings. The zero-order valence-electron chi connectivity index (χ0n) is 12.5. The fourth-order valence-electron chi connectivity index (χ4n) is 2.50. The maximum atomic E-state index is 8.97. The van der Waals surface area contributed by atoms with Crippen LogP contribution in [0.5, 0.6) is 0 Å². The Balaban J connectivity index is 2.23. The van der Waals surface area contributed by atoms with E-state index in [1.54, 1.807) is 0 Å². The quantitative estimate of drug-likeness (QED) is 0.856. The molecule has 0 aliphatic carbocycles. The highest BCUT2D eigenvalue weighted by Gasteiger charge is 2.22. The predicted octanol–water partition coefficient (Wildman–Crippen LogP) is 2.90. The molecule has 111 valence electrons. The molecule has 0 atom stereocenters. The molecule has 0 spiro atoms. The molecule has 21 heavy (non-hydrogen) atoms. The zero-order valence-corrected chi connectivity index (χ0v) is 12.5. The predicted molar refractivity (Wildman–Crippen MR) is 86.3 cm³/mol. The highest BCUT2D eigenvalue weighted by Crippen LogP contribution is 2.31. The van der Waals surface area contributed by atoms with Crippen LogP contribution in [-0.2, 0) is 18.3 Å². The maximum Gasteiger partial charge on any atom is 0.0471 e. The first kappa shape index (κ1) is 15.7. The van der Waals surface area contributed by atoms with Gasteiger partial charge in [0.15, 0.2) is 0 Å². The SMILES string of the molecule is [CH2]C(C)(c1ccc(CCO)cc1)c1ccc(CCO)cc1. The first-order chi connectivity index (χ1) is 10.1. The van der Waals surface area contributed by atoms with Gasteiger partial charge in [-0.3, -0.25) is 0 Å². The highest BCUT2D eigenvalue weighted by atomic mass is 16.3. The van der Waals surface area contributed by atoms with Crippen LogP contribution in [0.2, 0.25) is 0 Å². The molecule has 0 saturated carbocycles. The van der Waals surface area contributed by atoms with Gasteiger partial charge in [-0.15, -0.1) is 0 Å². The molecule has 0 fully saturated rings. The molecule has 2 heteroatoms. The average molecular weight is 283 g/mol. The van der Waals surface area contributed by atoms with Crippen molar-refractivity contribution in [2.45, 2.75) is 25.2 Å². The van der Waals surface area contributed by atoms with Gasteiger partial charge in [0.05, 0.1) is 0 Å². The van der Waals surface area contributed by atoms with Gasteiger partial charge in [0.25, 0.3) is 0 Å². The fraction of sp³-hybridized carbons (Fsp3) is 0.316. The average Bonchev–Trinajstić information content (AvgIpc) is 2.49. The number of aliphatic hydroxyl groups excluding tert-OH is 2. The fourth-order valence-corrected chi connectivity index (χ4v) is 2.50. The molecule has 0 aliphatic rings. The number of hydrogen-bond donors (Lipinski definition) is 2. The van der Waals surface area contributed by atoms with E-state index >= 15 is 0 Å². The summed E-state index contributed by atoms with van der Waals surface area (Å²) >= 11 is 0. The van der Waals surface area contributed by atoms with Crippen LogP contribution in [0, 0.1) is 6.92 Å². The standard InChI is InChI=1S/C19H23O2/c1-19(2,17-7-3-15(4-8-17)11-13-20)18-9-5-16(6-10-18)12-14-21/h3-10,20-21H,1,11-14H2,2H3. The van der Waals surface area contributed by atoms with E-state index in [-0.39, 0.29) is 18.6 Å². The van der Waals surface area contributed by atoms with Crippen LogP contribution >= 0.6 is 0 Å². The Bertz CT molecular complexity index is 502. The second-order valence-corrected chi connectivity index (χ2v) is 5.67. The van der Waals surface area contributed by atoms with Gasteiger partial charge in [0.2, 0.25) is 0 Å². The Morgan fingerprint density at radius 3 is 1.38 bits per heavy atom. The molecule has 2 rings (SSSR count). The lowest BCUT2D eigenvalue weighted by molar-refractivity contribution is 0.299. The zero-order chi connectivity index (χ0) is 15.3. The van der Waals surface area contributed by atoms with Gasteiger partial charge >= 0.3 is 0 Å². The third kappa shape index (κ3) is 3.72. The third-order valence-electron chi connectivity index (χ3n) is 3.98. The molecule has 0 aliphatic heterocycles. The number of aliphatic hydroxyl groups is 2. The Morgan fingerprint density at radius 2 is 1.10 bits per heavy atom. The van der Waals surface area contributed by atoms with E-state index in [9.17, 15) is 0 Å². The minimum Gasteiger partial charge on any atom is -0.396 e. The van der Waals surface area contributed by atoms with E-state index in [2.05, 4.69) is 62.4 Å². The maximum absolute atomic E-state index is 8.97. The molecule has 0 bridgehead atoms. The molecule has 1 radical (unpaired) electrons. The monoisotopic (exact) mass is 283 g/mol. The number of hydrogen-bond acceptors (Lipinski definition) is 2. The first-order valence-electron chi connectivity index (χ1n) is 7.34. The summed E-state index contributed by atoms with van der Waals surface area (Å²) in [7, 11) is 0. The van der Waals surface area contributed by atoms with Gasteiger partial charge in [-0.25, -0.2) is 0 Å². The normalized spacial score (nSPS) is 11.6. The first-order valence-corrected chi connectivity index (χ1v) is 7.34. The van der Waals surface area contributed by atoms with Gasteiger partial charge in [-0.2, -0.15) is 0 Å². The molecular formula is C19H23O2. The van der Waals surface area contributed by atoms with Gasteiger partial charge < -0.3 is 10.2 Å². The molecule has 2 aromatic carbocycles. The summed E-state index contributed by atoms with van der Waals surface area (Å²) in [5.41, 5.74) is 4.26. The molecule has 2 N–H and O–H groups in total. The van der Waals surface area contributed by atoms with Crippen LogP contribution in [0.3, 0.4) is 0 Å². The lowest BCUT2D eigenvalue weighted by Crippen LogP contribution is -2.19. The topological polar surface area (TPSA) is 40.5 Å². The van der Waals surface area contributed by atoms with E-state index in [1.807, 2.05) is 0 Å². The van der Waals surface area contributed by atoms with Crippen LogP contribution in [0.4, 0.5) is 0 Å². The Labute approximate surface area is 127 Å². The van der Waals surface area contributed by atoms with Gasteiger partial charge in [-0.05, 0) is 42.0 Å². The lowest BCUT2D eigenvalue weighted by Gasteiger charge is -2.26. The minimum atomic E-state index is -0.310. The van der Waals surface area contributed by atoms with Gasteiger partial charge in [0, 0.05) is 18.6 Å². The summed E-state index contributed by atoms with van der Waals surface area (Å²) in [6.07, 6.45) is 1.37. The van der Waals surface area contributed by atoms with Crippen LogP contribution < -0.4 is 0 Å². The third-order valence-corrected chi connectivity index (χ3v) is 3.98. The molecule has 0 amide bonds. The van der Waals surface area contributed by atoms with Gasteiger partial charge in [0.1, 0.15) is 0 Å². The van der Waals surface area contributed by atoms with Crippen LogP contribution in [-0.4, -0.2) is 23.4 Å². The molecule has 0 saturated heterocycles. The summed E-state index contributed by atoms with van der Waals surface area (Å²) in [5, 5.41) is 17.9. The van der Waals surface area contributed by atoms with Crippen molar-refractivity contribution >= 4 is 0 Å². The van der Waals surface area contributed by atoms with E-state index in [4.69, 9.17) is 10.2 Å². The van der Waals surface area contributed by atoms with Crippen molar-refractivity contribution in [3.8, 4) is 0 Å². The summed E-state index contributed by atoms with van der Waals surface area (Å²) in [6, 6.07) is 16.5. The van der Waals surface area contributed by atoms with Crippen molar-refractivity contribution in [2.24, 2.45) is 0 Å². The lowest BCUT2D eigenvalue weighted by atomic mass is 9.77. The van der Waals surface area contributed by atoms with Crippen molar-refractivity contribution in [3.63, 3.8) is 0 Å². The van der Waals surface area contributed by atoms with Gasteiger partial charge in [-0.1, -0.05) is 55.5 Å². The number of rotatable bonds is 6. The number of benzene rings is 2. The molecule has 0 unspecified atom stereocenters. The Hall–Kier alpha value is -1.64. The van der Waals surface area contributed by atoms with Crippen LogP contribution in [0.25, 0.3) is 0 Å². The van der Waals surface area contributed by atoms with E-state index in [1.165, 1.54) is 0 Å². The van der Waals surface area contributed by atoms with Crippen LogP contribution in [0.1, 0.15) is 29.2 Å². The van der Waals surface area contributed by atoms with Crippen molar-refractivity contribution < 1.29 is 10.2 Å². The summed E-state index contributed by atoms with van der Waals surface area (Å²) in [5.74, 6) is 0. The van der Waals surface area contributed by atoms with E-state index < -0.39 is 0 Å². The summed E-state index contributed by atoms with van der Waals surface area (Å²) < 4.78 is 0. The second kappa shape index (κ2) is 6.88. The van der Waals surface area contributed by atoms with Crippen molar-refractivity contribution in [2.75, 3.05) is 13.2 Å². The van der Waals surface area contributed by atoms with Crippen LogP contribution in [0.15, 0.2) is 48.5 Å². The summed E-state index contributed by atoms with van der Waals surface area (Å²) in [4.78, 5) is 0. The van der Waals surface area contributed by atoms with Crippen molar-refractivity contribution in [3.05, 3.63) is 77.7 Å². The molecule has 0 heterocycles. The minimum absolute atomic E-state index is 0.174. The largest absolute Gasteiger partial charge is 0.396 e. The second-order valence-electron chi connectivity index (χ2n) is 5.67. The summed E-state index contributed by atoms with van der Waals surface area (Å²) in [6.45, 7) is 6.82. The van der Waals surface area contributed by atoms with E-state index in [0.29, 0.717) is 12.8 Å². The molecule has 0 aromatic heterocycles. The van der Waals surface area contributed by atoms with E-state index in [0.717, 1.165) is 22.3 Å². The Morgan fingerprint density at radius 1 is 0.762 bits per heavy atom.